The van der Waals surface area contributed by atoms with Gasteiger partial charge >= 0.3 is 0 Å². The zero-order chi connectivity index (χ0) is 19.6. The molecule has 0 spiro atoms. The van der Waals surface area contributed by atoms with Crippen molar-refractivity contribution in [3.05, 3.63) is 54.1 Å². The molecule has 2 N–H and O–H groups in total. The molecule has 0 aliphatic heterocycles. The molecule has 0 saturated heterocycles. The van der Waals surface area contributed by atoms with Gasteiger partial charge in [0.2, 0.25) is 11.8 Å². The summed E-state index contributed by atoms with van der Waals surface area (Å²) in [5.74, 6) is 0.445. The minimum absolute atomic E-state index is 0.130. The highest BCUT2D eigenvalue weighted by Crippen LogP contribution is 2.15. The van der Waals surface area contributed by atoms with Gasteiger partial charge in [0.25, 0.3) is 0 Å². The number of amides is 2. The van der Waals surface area contributed by atoms with E-state index in [-0.39, 0.29) is 24.9 Å². The van der Waals surface area contributed by atoms with Crippen LogP contribution in [-0.2, 0) is 9.59 Å². The van der Waals surface area contributed by atoms with Crippen molar-refractivity contribution in [1.82, 2.24) is 4.90 Å². The average molecular weight is 369 g/mol. The van der Waals surface area contributed by atoms with Crippen molar-refractivity contribution in [3.63, 3.8) is 0 Å². The van der Waals surface area contributed by atoms with Gasteiger partial charge in [-0.15, -0.1) is 0 Å². The molecule has 27 heavy (non-hydrogen) atoms. The number of methoxy groups -OCH3 is 1. The first-order valence-corrected chi connectivity index (χ1v) is 9.03. The molecule has 0 bridgehead atoms. The van der Waals surface area contributed by atoms with Crippen molar-refractivity contribution in [2.75, 3.05) is 37.4 Å². The first-order valence-electron chi connectivity index (χ1n) is 9.03. The lowest BCUT2D eigenvalue weighted by atomic mass is 10.2. The molecule has 0 saturated carbocycles. The van der Waals surface area contributed by atoms with Crippen LogP contribution in [0, 0.1) is 6.92 Å². The van der Waals surface area contributed by atoms with Gasteiger partial charge in [-0.05, 0) is 55.8 Å². The van der Waals surface area contributed by atoms with E-state index < -0.39 is 0 Å². The van der Waals surface area contributed by atoms with Crippen molar-refractivity contribution >= 4 is 23.2 Å². The SMILES string of the molecule is CCCN(CC(=O)Nc1ccc(OC)cc1)CC(=O)Nc1ccccc1C. The number of carbonyl (C=O) groups is 2. The topological polar surface area (TPSA) is 70.7 Å². The quantitative estimate of drug-likeness (QED) is 0.712. The van der Waals surface area contributed by atoms with Gasteiger partial charge in [0.1, 0.15) is 5.75 Å². The highest BCUT2D eigenvalue weighted by Gasteiger charge is 2.15. The number of rotatable bonds is 9. The number of benzene rings is 2. The number of aryl methyl sites for hydroxylation is 1. The first-order chi connectivity index (χ1) is 13.0. The van der Waals surface area contributed by atoms with Crippen molar-refractivity contribution in [3.8, 4) is 5.75 Å². The number of anilines is 2. The molecule has 0 aliphatic carbocycles. The normalized spacial score (nSPS) is 10.5. The number of ether oxygens (including phenoxy) is 1. The van der Waals surface area contributed by atoms with Crippen LogP contribution in [0.5, 0.6) is 5.75 Å². The van der Waals surface area contributed by atoms with Crippen LogP contribution in [0.15, 0.2) is 48.5 Å². The summed E-state index contributed by atoms with van der Waals surface area (Å²) in [5.41, 5.74) is 2.49. The van der Waals surface area contributed by atoms with Crippen LogP contribution in [0.1, 0.15) is 18.9 Å². The van der Waals surface area contributed by atoms with E-state index in [1.807, 2.05) is 43.0 Å². The number of hydrogen-bond acceptors (Lipinski definition) is 4. The van der Waals surface area contributed by atoms with Gasteiger partial charge in [0, 0.05) is 11.4 Å². The van der Waals surface area contributed by atoms with Crippen molar-refractivity contribution in [2.45, 2.75) is 20.3 Å². The lowest BCUT2D eigenvalue weighted by molar-refractivity contribution is -0.120. The maximum Gasteiger partial charge on any atom is 0.238 e. The fourth-order valence-electron chi connectivity index (χ4n) is 2.71. The summed E-state index contributed by atoms with van der Waals surface area (Å²) < 4.78 is 5.11. The van der Waals surface area contributed by atoms with Gasteiger partial charge in [0.15, 0.2) is 0 Å². The second kappa shape index (κ2) is 10.3. The predicted molar refractivity (Wildman–Crippen MR) is 108 cm³/mol. The molecule has 0 radical (unpaired) electrons. The standard InChI is InChI=1S/C21H27N3O3/c1-4-13-24(15-21(26)23-19-8-6-5-7-16(19)2)14-20(25)22-17-9-11-18(27-3)12-10-17/h5-12H,4,13-15H2,1-3H3,(H,22,25)(H,23,26). The molecule has 0 heterocycles. The van der Waals surface area contributed by atoms with Crippen LogP contribution in [0.25, 0.3) is 0 Å². The fraction of sp³-hybridized carbons (Fsp3) is 0.333. The zero-order valence-electron chi connectivity index (χ0n) is 16.1. The summed E-state index contributed by atoms with van der Waals surface area (Å²) in [6.45, 7) is 4.95. The molecular formula is C21H27N3O3. The van der Waals surface area contributed by atoms with Crippen LogP contribution >= 0.6 is 0 Å². The molecule has 0 aromatic heterocycles. The van der Waals surface area contributed by atoms with Gasteiger partial charge in [-0.1, -0.05) is 25.1 Å². The minimum atomic E-state index is -0.155. The van der Waals surface area contributed by atoms with Gasteiger partial charge in [-0.2, -0.15) is 0 Å². The molecule has 0 aliphatic rings. The fourth-order valence-corrected chi connectivity index (χ4v) is 2.71. The van der Waals surface area contributed by atoms with E-state index in [2.05, 4.69) is 10.6 Å². The van der Waals surface area contributed by atoms with Crippen molar-refractivity contribution in [2.24, 2.45) is 0 Å². The third kappa shape index (κ3) is 6.75. The molecule has 6 heteroatoms. The van der Waals surface area contributed by atoms with Crippen LogP contribution in [0.4, 0.5) is 11.4 Å². The van der Waals surface area contributed by atoms with Crippen LogP contribution < -0.4 is 15.4 Å². The van der Waals surface area contributed by atoms with Crippen LogP contribution in [-0.4, -0.2) is 43.5 Å². The molecule has 2 aromatic rings. The summed E-state index contributed by atoms with van der Waals surface area (Å²) in [6.07, 6.45) is 0.855. The molecule has 2 rings (SSSR count). The van der Waals surface area contributed by atoms with E-state index in [9.17, 15) is 9.59 Å². The summed E-state index contributed by atoms with van der Waals surface area (Å²) in [5, 5.41) is 5.75. The Kier molecular flexibility index (Phi) is 7.82. The zero-order valence-corrected chi connectivity index (χ0v) is 16.1. The maximum absolute atomic E-state index is 12.4. The van der Waals surface area contributed by atoms with Gasteiger partial charge in [0.05, 0.1) is 20.2 Å². The lowest BCUT2D eigenvalue weighted by Gasteiger charge is -2.21. The Morgan fingerprint density at radius 3 is 2.19 bits per heavy atom. The van der Waals surface area contributed by atoms with Gasteiger partial charge in [-0.25, -0.2) is 0 Å². The van der Waals surface area contributed by atoms with Crippen LogP contribution in [0.2, 0.25) is 0 Å². The highest BCUT2D eigenvalue weighted by molar-refractivity contribution is 5.95. The highest BCUT2D eigenvalue weighted by atomic mass is 16.5. The molecule has 0 fully saturated rings. The predicted octanol–water partition coefficient (Wildman–Crippen LogP) is 3.29. The third-order valence-electron chi connectivity index (χ3n) is 4.07. The van der Waals surface area contributed by atoms with Crippen molar-refractivity contribution in [1.29, 1.82) is 0 Å². The summed E-state index contributed by atoms with van der Waals surface area (Å²) in [7, 11) is 1.60. The molecule has 2 amide bonds. The third-order valence-corrected chi connectivity index (χ3v) is 4.07. The average Bonchev–Trinajstić information content (AvgIpc) is 2.64. The first kappa shape index (κ1) is 20.5. The lowest BCUT2D eigenvalue weighted by Crippen LogP contribution is -2.39. The maximum atomic E-state index is 12.4. The number of nitrogens with zero attached hydrogens (tertiary/aromatic N) is 1. The molecule has 0 atom stereocenters. The van der Waals surface area contributed by atoms with Crippen LogP contribution in [0.3, 0.4) is 0 Å². The Morgan fingerprint density at radius 1 is 0.963 bits per heavy atom. The van der Waals surface area contributed by atoms with E-state index >= 15 is 0 Å². The van der Waals surface area contributed by atoms with Crippen molar-refractivity contribution < 1.29 is 14.3 Å². The molecule has 144 valence electrons. The molecule has 2 aromatic carbocycles. The summed E-state index contributed by atoms with van der Waals surface area (Å²) >= 11 is 0. The van der Waals surface area contributed by atoms with Gasteiger partial charge in [-0.3, -0.25) is 14.5 Å². The Labute approximate surface area is 160 Å². The van der Waals surface area contributed by atoms with E-state index in [1.54, 1.807) is 31.4 Å². The molecule has 6 nitrogen and oxygen atoms in total. The monoisotopic (exact) mass is 369 g/mol. The second-order valence-corrected chi connectivity index (χ2v) is 6.35. The Bertz CT molecular complexity index is 760. The minimum Gasteiger partial charge on any atom is -0.497 e. The number of hydrogen-bond donors (Lipinski definition) is 2. The Balaban J connectivity index is 1.90. The molecule has 0 unspecified atom stereocenters. The summed E-state index contributed by atoms with van der Waals surface area (Å²) in [6, 6.07) is 14.8. The van der Waals surface area contributed by atoms with E-state index in [1.165, 1.54) is 0 Å². The van der Waals surface area contributed by atoms with E-state index in [0.717, 1.165) is 23.4 Å². The Morgan fingerprint density at radius 2 is 1.59 bits per heavy atom. The number of carbonyl (C=O) groups excluding carboxylic acids is 2. The second-order valence-electron chi connectivity index (χ2n) is 6.35. The number of para-hydroxylation sites is 1. The Hall–Kier alpha value is -2.86. The van der Waals surface area contributed by atoms with Gasteiger partial charge < -0.3 is 15.4 Å². The smallest absolute Gasteiger partial charge is 0.238 e. The van der Waals surface area contributed by atoms with E-state index in [0.29, 0.717) is 12.2 Å². The molecular weight excluding hydrogens is 342 g/mol. The van der Waals surface area contributed by atoms with E-state index in [4.69, 9.17) is 4.74 Å². The largest absolute Gasteiger partial charge is 0.497 e. The summed E-state index contributed by atoms with van der Waals surface area (Å²) in [4.78, 5) is 26.5. The number of nitrogens with one attached hydrogen (secondary N) is 2.